The van der Waals surface area contributed by atoms with Gasteiger partial charge in [-0.25, -0.2) is 4.98 Å². The summed E-state index contributed by atoms with van der Waals surface area (Å²) >= 11 is 0. The first kappa shape index (κ1) is 14.8. The molecule has 2 unspecified atom stereocenters. The van der Waals surface area contributed by atoms with Crippen LogP contribution in [0.3, 0.4) is 0 Å². The van der Waals surface area contributed by atoms with E-state index in [-0.39, 0.29) is 0 Å². The van der Waals surface area contributed by atoms with Crippen LogP contribution in [-0.2, 0) is 11.3 Å². The highest BCUT2D eigenvalue weighted by molar-refractivity contribution is 5.43. The van der Waals surface area contributed by atoms with Crippen molar-refractivity contribution < 1.29 is 4.74 Å². The van der Waals surface area contributed by atoms with E-state index in [0.717, 1.165) is 37.7 Å². The van der Waals surface area contributed by atoms with Gasteiger partial charge in [-0.2, -0.15) is 0 Å². The molecule has 0 spiro atoms. The van der Waals surface area contributed by atoms with E-state index in [1.807, 2.05) is 0 Å². The number of nitrogens with one attached hydrogen (secondary N) is 1. The molecule has 0 amide bonds. The normalized spacial score (nSPS) is 24.9. The summed E-state index contributed by atoms with van der Waals surface area (Å²) in [4.78, 5) is 7.15. The Morgan fingerprint density at radius 2 is 2.00 bits per heavy atom. The summed E-state index contributed by atoms with van der Waals surface area (Å²) in [5.41, 5.74) is 2.43. The van der Waals surface area contributed by atoms with E-state index >= 15 is 0 Å². The zero-order chi connectivity index (χ0) is 14.8. The van der Waals surface area contributed by atoms with Crippen molar-refractivity contribution >= 4 is 5.82 Å². The molecule has 0 saturated carbocycles. The Balaban J connectivity index is 1.68. The summed E-state index contributed by atoms with van der Waals surface area (Å²) in [5, 5.41) is 3.52. The zero-order valence-corrected chi connectivity index (χ0v) is 13.4. The summed E-state index contributed by atoms with van der Waals surface area (Å²) in [6, 6.07) is 4.43. The van der Waals surface area contributed by atoms with Crippen LogP contribution in [0.5, 0.6) is 0 Å². The third-order valence-corrected chi connectivity index (χ3v) is 4.25. The second kappa shape index (κ2) is 6.32. The minimum Gasteiger partial charge on any atom is -0.371 e. The van der Waals surface area contributed by atoms with Gasteiger partial charge in [0.15, 0.2) is 0 Å². The molecule has 3 heterocycles. The lowest BCUT2D eigenvalue weighted by Gasteiger charge is -2.33. The second-order valence-electron chi connectivity index (χ2n) is 6.86. The number of aryl methyl sites for hydroxylation is 1. The van der Waals surface area contributed by atoms with E-state index in [2.05, 4.69) is 43.1 Å². The van der Waals surface area contributed by atoms with Gasteiger partial charge in [0.2, 0.25) is 0 Å². The van der Waals surface area contributed by atoms with E-state index in [1.54, 1.807) is 0 Å². The molecule has 4 heteroatoms. The standard InChI is InChI=1S/C17H27N3O/c1-12(2)8-18-9-14-6-13(3)19-17(7-14)20-10-15-4-5-16(11-20)21-15/h6-7,12,15-16,18H,4-5,8-11H2,1-3H3. The molecule has 1 aromatic rings. The average Bonchev–Trinajstić information content (AvgIpc) is 2.76. The molecule has 1 aromatic heterocycles. The van der Waals surface area contributed by atoms with Gasteiger partial charge in [0.05, 0.1) is 12.2 Å². The Hall–Kier alpha value is -1.13. The van der Waals surface area contributed by atoms with Crippen molar-refractivity contribution in [3.8, 4) is 0 Å². The molecule has 2 saturated heterocycles. The third-order valence-electron chi connectivity index (χ3n) is 4.25. The summed E-state index contributed by atoms with van der Waals surface area (Å²) in [5.74, 6) is 1.80. The number of hydrogen-bond donors (Lipinski definition) is 1. The van der Waals surface area contributed by atoms with E-state index in [0.29, 0.717) is 18.1 Å². The smallest absolute Gasteiger partial charge is 0.129 e. The van der Waals surface area contributed by atoms with Crippen molar-refractivity contribution in [1.82, 2.24) is 10.3 Å². The predicted octanol–water partition coefficient (Wildman–Crippen LogP) is 2.50. The molecule has 0 aromatic carbocycles. The summed E-state index contributed by atoms with van der Waals surface area (Å²) in [7, 11) is 0. The highest BCUT2D eigenvalue weighted by Gasteiger charge is 2.34. The number of fused-ring (bicyclic) bond motifs is 2. The molecule has 2 fully saturated rings. The molecule has 3 rings (SSSR count). The minimum atomic E-state index is 0.411. The van der Waals surface area contributed by atoms with Gasteiger partial charge in [0.25, 0.3) is 0 Å². The summed E-state index contributed by atoms with van der Waals surface area (Å²) in [6.07, 6.45) is 3.23. The fourth-order valence-corrected chi connectivity index (χ4v) is 3.29. The van der Waals surface area contributed by atoms with Gasteiger partial charge in [-0.15, -0.1) is 0 Å². The maximum absolute atomic E-state index is 5.92. The van der Waals surface area contributed by atoms with Crippen LogP contribution in [0.25, 0.3) is 0 Å². The topological polar surface area (TPSA) is 37.4 Å². The van der Waals surface area contributed by atoms with Crippen LogP contribution in [0.15, 0.2) is 12.1 Å². The molecule has 0 radical (unpaired) electrons. The van der Waals surface area contributed by atoms with E-state index in [9.17, 15) is 0 Å². The first-order valence-corrected chi connectivity index (χ1v) is 8.19. The molecule has 21 heavy (non-hydrogen) atoms. The lowest BCUT2D eigenvalue weighted by atomic mass is 10.2. The largest absolute Gasteiger partial charge is 0.371 e. The van der Waals surface area contributed by atoms with Gasteiger partial charge in [-0.3, -0.25) is 0 Å². The van der Waals surface area contributed by atoms with Crippen molar-refractivity contribution in [2.75, 3.05) is 24.5 Å². The lowest BCUT2D eigenvalue weighted by Crippen LogP contribution is -2.43. The van der Waals surface area contributed by atoms with Gasteiger partial charge in [-0.05, 0) is 49.9 Å². The van der Waals surface area contributed by atoms with Gasteiger partial charge in [-0.1, -0.05) is 13.8 Å². The fraction of sp³-hybridized carbons (Fsp3) is 0.706. The average molecular weight is 289 g/mol. The molecule has 0 aliphatic carbocycles. The number of aromatic nitrogens is 1. The zero-order valence-electron chi connectivity index (χ0n) is 13.4. The van der Waals surface area contributed by atoms with Crippen molar-refractivity contribution in [1.29, 1.82) is 0 Å². The van der Waals surface area contributed by atoms with Crippen LogP contribution in [-0.4, -0.2) is 36.8 Å². The van der Waals surface area contributed by atoms with E-state index in [4.69, 9.17) is 9.72 Å². The number of pyridine rings is 1. The van der Waals surface area contributed by atoms with E-state index in [1.165, 1.54) is 18.4 Å². The number of ether oxygens (including phenoxy) is 1. The molecular weight excluding hydrogens is 262 g/mol. The Labute approximate surface area is 127 Å². The van der Waals surface area contributed by atoms with Crippen molar-refractivity contribution in [3.63, 3.8) is 0 Å². The number of nitrogens with zero attached hydrogens (tertiary/aromatic N) is 2. The van der Waals surface area contributed by atoms with Crippen LogP contribution in [0.4, 0.5) is 5.82 Å². The quantitative estimate of drug-likeness (QED) is 0.904. The summed E-state index contributed by atoms with van der Waals surface area (Å²) < 4.78 is 5.92. The number of anilines is 1. The van der Waals surface area contributed by atoms with Crippen LogP contribution in [0.2, 0.25) is 0 Å². The van der Waals surface area contributed by atoms with Crippen LogP contribution in [0.1, 0.15) is 37.9 Å². The maximum Gasteiger partial charge on any atom is 0.129 e. The first-order valence-electron chi connectivity index (χ1n) is 8.19. The Morgan fingerprint density at radius 1 is 1.29 bits per heavy atom. The van der Waals surface area contributed by atoms with Crippen molar-refractivity contribution in [2.24, 2.45) is 5.92 Å². The van der Waals surface area contributed by atoms with Gasteiger partial charge < -0.3 is 15.0 Å². The molecule has 1 N–H and O–H groups in total. The van der Waals surface area contributed by atoms with Gasteiger partial charge in [0.1, 0.15) is 5.82 Å². The fourth-order valence-electron chi connectivity index (χ4n) is 3.29. The monoisotopic (exact) mass is 289 g/mol. The Morgan fingerprint density at radius 3 is 2.67 bits per heavy atom. The molecule has 2 aliphatic rings. The van der Waals surface area contributed by atoms with Gasteiger partial charge >= 0.3 is 0 Å². The van der Waals surface area contributed by atoms with E-state index < -0.39 is 0 Å². The molecular formula is C17H27N3O. The minimum absolute atomic E-state index is 0.411. The SMILES string of the molecule is Cc1cc(CNCC(C)C)cc(N2CC3CCC(C2)O3)n1. The molecule has 4 nitrogen and oxygen atoms in total. The summed E-state index contributed by atoms with van der Waals surface area (Å²) in [6.45, 7) is 10.5. The number of hydrogen-bond acceptors (Lipinski definition) is 4. The highest BCUT2D eigenvalue weighted by Crippen LogP contribution is 2.29. The van der Waals surface area contributed by atoms with Crippen molar-refractivity contribution in [3.05, 3.63) is 23.4 Å². The highest BCUT2D eigenvalue weighted by atomic mass is 16.5. The molecule has 2 atom stereocenters. The molecule has 2 aliphatic heterocycles. The Kier molecular flexibility index (Phi) is 4.45. The number of morpholine rings is 1. The maximum atomic E-state index is 5.92. The second-order valence-corrected chi connectivity index (χ2v) is 6.86. The van der Waals surface area contributed by atoms with Crippen LogP contribution >= 0.6 is 0 Å². The Bertz CT molecular complexity index is 477. The van der Waals surface area contributed by atoms with Crippen molar-refractivity contribution in [2.45, 2.75) is 52.4 Å². The lowest BCUT2D eigenvalue weighted by molar-refractivity contribution is 0.0302. The van der Waals surface area contributed by atoms with Crippen LogP contribution in [0, 0.1) is 12.8 Å². The predicted molar refractivity (Wildman–Crippen MR) is 85.6 cm³/mol. The molecule has 2 bridgehead atoms. The van der Waals surface area contributed by atoms with Crippen LogP contribution < -0.4 is 10.2 Å². The number of rotatable bonds is 5. The first-order chi connectivity index (χ1) is 10.1. The van der Waals surface area contributed by atoms with Gasteiger partial charge in [0, 0.05) is 25.3 Å². The third kappa shape index (κ3) is 3.74. The molecule has 116 valence electrons.